The van der Waals surface area contributed by atoms with E-state index in [1.807, 2.05) is 0 Å². The van der Waals surface area contributed by atoms with Crippen LogP contribution in [0.2, 0.25) is 0 Å². The molecule has 0 atom stereocenters. The first-order valence-electron chi connectivity index (χ1n) is 8.49. The number of alkyl halides is 3. The Bertz CT molecular complexity index is 876. The Morgan fingerprint density at radius 2 is 1.78 bits per heavy atom. The van der Waals surface area contributed by atoms with Crippen LogP contribution in [0.25, 0.3) is 0 Å². The lowest BCUT2D eigenvalue weighted by Gasteiger charge is -2.19. The van der Waals surface area contributed by atoms with Crippen LogP contribution in [0.4, 0.5) is 18.9 Å². The summed E-state index contributed by atoms with van der Waals surface area (Å²) in [6, 6.07) is 10.00. The Balaban J connectivity index is 1.72. The third-order valence-electron chi connectivity index (χ3n) is 4.65. The first-order chi connectivity index (χ1) is 12.7. The first kappa shape index (κ1) is 18.9. The third kappa shape index (κ3) is 3.97. The summed E-state index contributed by atoms with van der Waals surface area (Å²) >= 11 is 0. The Morgan fingerprint density at radius 1 is 1.11 bits per heavy atom. The van der Waals surface area contributed by atoms with E-state index in [0.29, 0.717) is 24.1 Å². The van der Waals surface area contributed by atoms with Gasteiger partial charge >= 0.3 is 6.18 Å². The number of hydrogen-bond donors (Lipinski definition) is 0. The standard InChI is InChI=1S/C20H19F3N2O2/c1-13(26)25-10-9-15-11-16(5-8-18(15)25)19(27)24(2)12-14-3-6-17(7-4-14)20(21,22)23/h3-8,11H,9-10,12H2,1-2H3. The van der Waals surface area contributed by atoms with Crippen LogP contribution in [-0.4, -0.2) is 30.3 Å². The number of amides is 2. The van der Waals surface area contributed by atoms with Crippen LogP contribution in [0.5, 0.6) is 0 Å². The quantitative estimate of drug-likeness (QED) is 0.816. The molecule has 0 aromatic heterocycles. The second kappa shape index (κ2) is 7.06. The summed E-state index contributed by atoms with van der Waals surface area (Å²) in [5.41, 5.74) is 2.16. The first-order valence-corrected chi connectivity index (χ1v) is 8.49. The Kier molecular flexibility index (Phi) is 4.95. The van der Waals surface area contributed by atoms with Crippen LogP contribution in [0.15, 0.2) is 42.5 Å². The predicted octanol–water partition coefficient (Wildman–Crippen LogP) is 3.89. The van der Waals surface area contributed by atoms with Gasteiger partial charge in [-0.25, -0.2) is 0 Å². The van der Waals surface area contributed by atoms with Gasteiger partial charge in [-0.3, -0.25) is 9.59 Å². The average Bonchev–Trinajstić information content (AvgIpc) is 3.04. The van der Waals surface area contributed by atoms with E-state index >= 15 is 0 Å². The maximum atomic E-state index is 12.7. The minimum atomic E-state index is -4.38. The molecule has 0 aliphatic carbocycles. The van der Waals surface area contributed by atoms with E-state index in [0.717, 1.165) is 23.4 Å². The van der Waals surface area contributed by atoms with Gasteiger partial charge in [0.15, 0.2) is 0 Å². The molecule has 1 aliphatic rings. The molecule has 1 heterocycles. The van der Waals surface area contributed by atoms with Crippen molar-refractivity contribution in [1.29, 1.82) is 0 Å². The Morgan fingerprint density at radius 3 is 2.37 bits per heavy atom. The Hall–Kier alpha value is -2.83. The molecule has 0 saturated heterocycles. The van der Waals surface area contributed by atoms with Gasteiger partial charge < -0.3 is 9.80 Å². The zero-order valence-electron chi connectivity index (χ0n) is 15.0. The summed E-state index contributed by atoms with van der Waals surface area (Å²) in [4.78, 5) is 27.4. The van der Waals surface area contributed by atoms with E-state index < -0.39 is 11.7 Å². The molecule has 3 rings (SSSR count). The van der Waals surface area contributed by atoms with Crippen molar-refractivity contribution in [2.45, 2.75) is 26.1 Å². The molecule has 2 aromatic carbocycles. The van der Waals surface area contributed by atoms with Crippen molar-refractivity contribution in [3.63, 3.8) is 0 Å². The summed E-state index contributed by atoms with van der Waals surface area (Å²) in [7, 11) is 1.61. The van der Waals surface area contributed by atoms with Crippen molar-refractivity contribution in [2.24, 2.45) is 0 Å². The van der Waals surface area contributed by atoms with E-state index in [1.54, 1.807) is 30.1 Å². The molecule has 0 N–H and O–H groups in total. The summed E-state index contributed by atoms with van der Waals surface area (Å²) < 4.78 is 37.9. The summed E-state index contributed by atoms with van der Waals surface area (Å²) in [6.45, 7) is 2.31. The van der Waals surface area contributed by atoms with Gasteiger partial charge in [-0.15, -0.1) is 0 Å². The summed E-state index contributed by atoms with van der Waals surface area (Å²) in [5.74, 6) is -0.258. The highest BCUT2D eigenvalue weighted by Crippen LogP contribution is 2.30. The summed E-state index contributed by atoms with van der Waals surface area (Å²) in [5, 5.41) is 0. The number of anilines is 1. The van der Waals surface area contributed by atoms with Gasteiger partial charge in [-0.2, -0.15) is 13.2 Å². The number of carbonyl (C=O) groups excluding carboxylic acids is 2. The van der Waals surface area contributed by atoms with Crippen molar-refractivity contribution in [1.82, 2.24) is 4.90 Å². The monoisotopic (exact) mass is 376 g/mol. The van der Waals surface area contributed by atoms with Crippen molar-refractivity contribution in [3.8, 4) is 0 Å². The lowest BCUT2D eigenvalue weighted by Crippen LogP contribution is -2.27. The second-order valence-corrected chi connectivity index (χ2v) is 6.62. The lowest BCUT2D eigenvalue weighted by molar-refractivity contribution is -0.137. The Labute approximate surface area is 155 Å². The van der Waals surface area contributed by atoms with E-state index in [9.17, 15) is 22.8 Å². The molecule has 0 spiro atoms. The molecule has 7 heteroatoms. The maximum absolute atomic E-state index is 12.7. The van der Waals surface area contributed by atoms with Gasteiger partial charge in [0.1, 0.15) is 0 Å². The van der Waals surface area contributed by atoms with Crippen molar-refractivity contribution < 1.29 is 22.8 Å². The lowest BCUT2D eigenvalue weighted by atomic mass is 10.1. The van der Waals surface area contributed by atoms with Crippen LogP contribution in [0, 0.1) is 0 Å². The van der Waals surface area contributed by atoms with Crippen LogP contribution in [0.3, 0.4) is 0 Å². The highest BCUT2D eigenvalue weighted by molar-refractivity contribution is 5.97. The number of benzene rings is 2. The minimum Gasteiger partial charge on any atom is -0.337 e. The number of hydrogen-bond acceptors (Lipinski definition) is 2. The fraction of sp³-hybridized carbons (Fsp3) is 0.300. The molecule has 0 saturated carbocycles. The molecule has 0 radical (unpaired) electrons. The molecule has 27 heavy (non-hydrogen) atoms. The van der Waals surface area contributed by atoms with Gasteiger partial charge in [-0.05, 0) is 47.9 Å². The molecule has 4 nitrogen and oxygen atoms in total. The van der Waals surface area contributed by atoms with E-state index in [2.05, 4.69) is 0 Å². The average molecular weight is 376 g/mol. The number of rotatable bonds is 3. The van der Waals surface area contributed by atoms with Gasteiger partial charge in [0.05, 0.1) is 5.56 Å². The molecule has 0 bridgehead atoms. The van der Waals surface area contributed by atoms with E-state index in [-0.39, 0.29) is 18.4 Å². The molecular formula is C20H19F3N2O2. The molecule has 142 valence electrons. The topological polar surface area (TPSA) is 40.6 Å². The van der Waals surface area contributed by atoms with Gasteiger partial charge in [0.2, 0.25) is 5.91 Å². The van der Waals surface area contributed by atoms with Crippen molar-refractivity contribution in [3.05, 3.63) is 64.7 Å². The highest BCUT2D eigenvalue weighted by atomic mass is 19.4. The third-order valence-corrected chi connectivity index (χ3v) is 4.65. The van der Waals surface area contributed by atoms with Crippen molar-refractivity contribution >= 4 is 17.5 Å². The fourth-order valence-corrected chi connectivity index (χ4v) is 3.23. The summed E-state index contributed by atoms with van der Waals surface area (Å²) in [6.07, 6.45) is -3.68. The normalized spacial score (nSPS) is 13.4. The van der Waals surface area contributed by atoms with Crippen LogP contribution in [-0.2, 0) is 23.9 Å². The molecule has 0 unspecified atom stereocenters. The van der Waals surface area contributed by atoms with Crippen molar-refractivity contribution in [2.75, 3.05) is 18.5 Å². The maximum Gasteiger partial charge on any atom is 0.416 e. The fourth-order valence-electron chi connectivity index (χ4n) is 3.23. The molecular weight excluding hydrogens is 357 g/mol. The largest absolute Gasteiger partial charge is 0.416 e. The van der Waals surface area contributed by atoms with E-state index in [4.69, 9.17) is 0 Å². The SMILES string of the molecule is CC(=O)N1CCc2cc(C(=O)N(C)Cc3ccc(C(F)(F)F)cc3)ccc21. The zero-order chi connectivity index (χ0) is 19.8. The van der Waals surface area contributed by atoms with Gasteiger partial charge in [0, 0.05) is 38.3 Å². The molecule has 1 aliphatic heterocycles. The predicted molar refractivity (Wildman–Crippen MR) is 95.4 cm³/mol. The number of fused-ring (bicyclic) bond motifs is 1. The second-order valence-electron chi connectivity index (χ2n) is 6.62. The molecule has 2 amide bonds. The molecule has 0 fully saturated rings. The number of halogens is 3. The van der Waals surface area contributed by atoms with Gasteiger partial charge in [-0.1, -0.05) is 12.1 Å². The minimum absolute atomic E-state index is 0.0350. The van der Waals surface area contributed by atoms with E-state index in [1.165, 1.54) is 24.0 Å². The van der Waals surface area contributed by atoms with Crippen LogP contribution < -0.4 is 4.90 Å². The number of nitrogens with zero attached hydrogens (tertiary/aromatic N) is 2. The van der Waals surface area contributed by atoms with Crippen LogP contribution in [0.1, 0.15) is 34.0 Å². The number of carbonyl (C=O) groups is 2. The smallest absolute Gasteiger partial charge is 0.337 e. The van der Waals surface area contributed by atoms with Gasteiger partial charge in [0.25, 0.3) is 5.91 Å². The molecule has 2 aromatic rings. The zero-order valence-corrected chi connectivity index (χ0v) is 15.0. The van der Waals surface area contributed by atoms with Crippen LogP contribution >= 0.6 is 0 Å². The highest BCUT2D eigenvalue weighted by Gasteiger charge is 2.30.